The van der Waals surface area contributed by atoms with Gasteiger partial charge in [-0.25, -0.2) is 0 Å². The predicted molar refractivity (Wildman–Crippen MR) is 114 cm³/mol. The van der Waals surface area contributed by atoms with Gasteiger partial charge in [0.25, 0.3) is 0 Å². The van der Waals surface area contributed by atoms with E-state index in [4.69, 9.17) is 0 Å². The Morgan fingerprint density at radius 2 is 1.36 bits per heavy atom. The van der Waals surface area contributed by atoms with E-state index in [0.29, 0.717) is 5.41 Å². The summed E-state index contributed by atoms with van der Waals surface area (Å²) in [5.41, 5.74) is 5.97. The van der Waals surface area contributed by atoms with Gasteiger partial charge in [-0.05, 0) is 55.0 Å². The summed E-state index contributed by atoms with van der Waals surface area (Å²) < 4.78 is 0. The highest BCUT2D eigenvalue weighted by Gasteiger charge is 2.18. The molecule has 0 bridgehead atoms. The van der Waals surface area contributed by atoms with Gasteiger partial charge in [-0.1, -0.05) is 89.6 Å². The molecule has 1 heteroatoms. The second-order valence-electron chi connectivity index (χ2n) is 6.90. The van der Waals surface area contributed by atoms with Crippen LogP contribution in [-0.2, 0) is 12.0 Å². The molecule has 25 heavy (non-hydrogen) atoms. The van der Waals surface area contributed by atoms with E-state index < -0.39 is 0 Å². The number of aryl methyl sites for hydroxylation is 2. The molecule has 0 saturated heterocycles. The van der Waals surface area contributed by atoms with Crippen LogP contribution < -0.4 is 5.32 Å². The van der Waals surface area contributed by atoms with Crippen molar-refractivity contribution in [1.82, 2.24) is 5.32 Å². The standard InChI is InChI=1S/C12H18.C10H15N.C2H6/c1-4-10-12(2,3)11-8-6-5-7-9-11;1-8-5-4-6-9(2)10(8)7-11-3;1-2/h5-9H,4,10H2,1-3H3;4-6,11H,7H2,1-3H3;1-2H3. The molecule has 0 fully saturated rings. The minimum absolute atomic E-state index is 0.343. The lowest BCUT2D eigenvalue weighted by Gasteiger charge is -2.24. The van der Waals surface area contributed by atoms with E-state index in [9.17, 15) is 0 Å². The van der Waals surface area contributed by atoms with Gasteiger partial charge in [0.15, 0.2) is 0 Å². The smallest absolute Gasteiger partial charge is 0.0207 e. The Morgan fingerprint density at radius 1 is 0.840 bits per heavy atom. The Labute approximate surface area is 156 Å². The third kappa shape index (κ3) is 8.36. The summed E-state index contributed by atoms with van der Waals surface area (Å²) in [6.07, 6.45) is 2.51. The van der Waals surface area contributed by atoms with Gasteiger partial charge in [0.1, 0.15) is 0 Å². The molecule has 0 spiro atoms. The average molecular weight is 342 g/mol. The Balaban J connectivity index is 0.000000421. The predicted octanol–water partition coefficient (Wildman–Crippen LogP) is 6.81. The molecular weight excluding hydrogens is 302 g/mol. The first kappa shape index (κ1) is 23.4. The Kier molecular flexibility index (Phi) is 11.9. The quantitative estimate of drug-likeness (QED) is 0.629. The summed E-state index contributed by atoms with van der Waals surface area (Å²) in [6.45, 7) is 16.1. The molecule has 0 saturated carbocycles. The van der Waals surface area contributed by atoms with Crippen LogP contribution in [0.25, 0.3) is 0 Å². The molecule has 2 aromatic rings. The number of benzene rings is 2. The van der Waals surface area contributed by atoms with Crippen LogP contribution in [0.15, 0.2) is 48.5 Å². The second kappa shape index (κ2) is 12.7. The molecule has 0 amide bonds. The minimum atomic E-state index is 0.343. The summed E-state index contributed by atoms with van der Waals surface area (Å²) in [5, 5.41) is 3.17. The molecule has 1 nitrogen and oxygen atoms in total. The van der Waals surface area contributed by atoms with Crippen molar-refractivity contribution in [1.29, 1.82) is 0 Å². The molecule has 0 heterocycles. The lowest BCUT2D eigenvalue weighted by atomic mass is 9.81. The maximum Gasteiger partial charge on any atom is 0.0207 e. The van der Waals surface area contributed by atoms with E-state index in [0.717, 1.165) is 6.54 Å². The highest BCUT2D eigenvalue weighted by molar-refractivity contribution is 5.33. The monoisotopic (exact) mass is 341 g/mol. The molecule has 0 aliphatic heterocycles. The van der Waals surface area contributed by atoms with Crippen molar-refractivity contribution >= 4 is 0 Å². The lowest BCUT2D eigenvalue weighted by molar-refractivity contribution is 0.473. The van der Waals surface area contributed by atoms with Crippen LogP contribution in [0, 0.1) is 13.8 Å². The Bertz CT molecular complexity index is 550. The number of hydrogen-bond donors (Lipinski definition) is 1. The third-order valence-corrected chi connectivity index (χ3v) is 4.43. The number of nitrogens with one attached hydrogen (secondary N) is 1. The van der Waals surface area contributed by atoms with Gasteiger partial charge < -0.3 is 5.32 Å². The maximum atomic E-state index is 3.17. The van der Waals surface area contributed by atoms with Gasteiger partial charge in [-0.2, -0.15) is 0 Å². The first-order valence-corrected chi connectivity index (χ1v) is 9.67. The highest BCUT2D eigenvalue weighted by atomic mass is 14.8. The van der Waals surface area contributed by atoms with Crippen LogP contribution in [0.2, 0.25) is 0 Å². The van der Waals surface area contributed by atoms with Gasteiger partial charge in [-0.3, -0.25) is 0 Å². The van der Waals surface area contributed by atoms with E-state index >= 15 is 0 Å². The van der Waals surface area contributed by atoms with Gasteiger partial charge in [0.2, 0.25) is 0 Å². The van der Waals surface area contributed by atoms with Crippen molar-refractivity contribution in [2.45, 2.75) is 73.3 Å². The van der Waals surface area contributed by atoms with Gasteiger partial charge in [0.05, 0.1) is 0 Å². The molecule has 0 atom stereocenters. The number of hydrogen-bond acceptors (Lipinski definition) is 1. The van der Waals surface area contributed by atoms with E-state index in [1.54, 1.807) is 0 Å². The van der Waals surface area contributed by atoms with Crippen molar-refractivity contribution in [2.24, 2.45) is 0 Å². The lowest BCUT2D eigenvalue weighted by Crippen LogP contribution is -2.16. The highest BCUT2D eigenvalue weighted by Crippen LogP contribution is 2.27. The molecule has 0 radical (unpaired) electrons. The first-order chi connectivity index (χ1) is 11.9. The maximum absolute atomic E-state index is 3.17. The minimum Gasteiger partial charge on any atom is -0.316 e. The van der Waals surface area contributed by atoms with Crippen LogP contribution in [0.4, 0.5) is 0 Å². The fraction of sp³-hybridized carbons (Fsp3) is 0.500. The molecule has 0 aromatic heterocycles. The topological polar surface area (TPSA) is 12.0 Å². The fourth-order valence-electron chi connectivity index (χ4n) is 2.96. The molecule has 0 unspecified atom stereocenters. The van der Waals surface area contributed by atoms with Crippen molar-refractivity contribution in [2.75, 3.05) is 7.05 Å². The SMILES string of the molecule is CC.CCCC(C)(C)c1ccccc1.CNCc1c(C)cccc1C. The molecule has 1 N–H and O–H groups in total. The van der Waals surface area contributed by atoms with E-state index in [1.165, 1.54) is 35.1 Å². The van der Waals surface area contributed by atoms with Crippen molar-refractivity contribution < 1.29 is 0 Å². The molecule has 2 aromatic carbocycles. The van der Waals surface area contributed by atoms with Gasteiger partial charge >= 0.3 is 0 Å². The van der Waals surface area contributed by atoms with Crippen LogP contribution in [-0.4, -0.2) is 7.05 Å². The Morgan fingerprint density at radius 3 is 1.80 bits per heavy atom. The van der Waals surface area contributed by atoms with Crippen LogP contribution >= 0.6 is 0 Å². The third-order valence-electron chi connectivity index (χ3n) is 4.43. The molecule has 2 rings (SSSR count). The summed E-state index contributed by atoms with van der Waals surface area (Å²) in [7, 11) is 1.98. The molecule has 0 aliphatic carbocycles. The fourth-order valence-corrected chi connectivity index (χ4v) is 2.96. The van der Waals surface area contributed by atoms with Crippen LogP contribution in [0.5, 0.6) is 0 Å². The molecule has 0 aliphatic rings. The Hall–Kier alpha value is -1.60. The molecule has 140 valence electrons. The molecular formula is C24H39N. The number of rotatable bonds is 5. The normalized spacial score (nSPS) is 10.2. The van der Waals surface area contributed by atoms with Gasteiger partial charge in [0, 0.05) is 6.54 Å². The van der Waals surface area contributed by atoms with Crippen LogP contribution in [0.3, 0.4) is 0 Å². The summed E-state index contributed by atoms with van der Waals surface area (Å²) >= 11 is 0. The zero-order valence-corrected chi connectivity index (χ0v) is 17.7. The zero-order chi connectivity index (χ0) is 19.3. The zero-order valence-electron chi connectivity index (χ0n) is 17.7. The van der Waals surface area contributed by atoms with Crippen molar-refractivity contribution in [3.63, 3.8) is 0 Å². The summed E-state index contributed by atoms with van der Waals surface area (Å²) in [4.78, 5) is 0. The van der Waals surface area contributed by atoms with Crippen LogP contribution in [0.1, 0.15) is 69.7 Å². The van der Waals surface area contributed by atoms with Gasteiger partial charge in [-0.15, -0.1) is 0 Å². The van der Waals surface area contributed by atoms with Crippen molar-refractivity contribution in [3.05, 3.63) is 70.8 Å². The second-order valence-corrected chi connectivity index (χ2v) is 6.90. The van der Waals surface area contributed by atoms with E-state index in [1.807, 2.05) is 20.9 Å². The average Bonchev–Trinajstić information content (AvgIpc) is 2.61. The van der Waals surface area contributed by atoms with Crippen molar-refractivity contribution in [3.8, 4) is 0 Å². The summed E-state index contributed by atoms with van der Waals surface area (Å²) in [6, 6.07) is 17.2. The van der Waals surface area contributed by atoms with E-state index in [-0.39, 0.29) is 0 Å². The largest absolute Gasteiger partial charge is 0.316 e. The summed E-state index contributed by atoms with van der Waals surface area (Å²) in [5.74, 6) is 0. The van der Waals surface area contributed by atoms with E-state index in [2.05, 4.69) is 88.5 Å². The first-order valence-electron chi connectivity index (χ1n) is 9.67.